The van der Waals surface area contributed by atoms with Crippen LogP contribution in [0.1, 0.15) is 32.6 Å². The van der Waals surface area contributed by atoms with Gasteiger partial charge in [0, 0.05) is 5.56 Å². The van der Waals surface area contributed by atoms with Crippen LogP contribution in [0.5, 0.6) is 0 Å². The number of nitrogens with one attached hydrogen (secondary N) is 1. The summed E-state index contributed by atoms with van der Waals surface area (Å²) in [5, 5.41) is 0. The zero-order chi connectivity index (χ0) is 10.9. The second-order valence-corrected chi connectivity index (χ2v) is 3.61. The van der Waals surface area contributed by atoms with Crippen LogP contribution >= 0.6 is 0 Å². The molecule has 0 saturated heterocycles. The average molecular weight is 192 g/mol. The van der Waals surface area contributed by atoms with Gasteiger partial charge in [0.05, 0.1) is 0 Å². The summed E-state index contributed by atoms with van der Waals surface area (Å²) in [5.41, 5.74) is 7.10. The van der Waals surface area contributed by atoms with Gasteiger partial charge in [0.2, 0.25) is 0 Å². The Morgan fingerprint density at radius 1 is 1.14 bits per heavy atom. The van der Waals surface area contributed by atoms with E-state index in [2.05, 4.69) is 11.5 Å². The minimum atomic E-state index is -0.216. The summed E-state index contributed by atoms with van der Waals surface area (Å²) in [6, 6.07) is 2.08. The van der Waals surface area contributed by atoms with Crippen LogP contribution in [0.2, 0.25) is 0 Å². The lowest BCUT2D eigenvalue weighted by Gasteiger charge is -2.13. The van der Waals surface area contributed by atoms with Crippen LogP contribution in [0.15, 0.2) is 6.07 Å². The van der Waals surface area contributed by atoms with Gasteiger partial charge in [0.15, 0.2) is 0 Å². The van der Waals surface area contributed by atoms with Crippen molar-refractivity contribution in [3.8, 4) is 0 Å². The van der Waals surface area contributed by atoms with Crippen molar-refractivity contribution in [2.24, 2.45) is 5.84 Å². The number of carbonyl (C=O) groups excluding carboxylic acids is 1. The summed E-state index contributed by atoms with van der Waals surface area (Å²) in [4.78, 5) is 11.5. The highest BCUT2D eigenvalue weighted by Gasteiger charge is 2.14. The predicted octanol–water partition coefficient (Wildman–Crippen LogP) is 1.52. The van der Waals surface area contributed by atoms with Crippen molar-refractivity contribution < 1.29 is 4.79 Å². The van der Waals surface area contributed by atoms with Crippen molar-refractivity contribution >= 4 is 5.91 Å². The Morgan fingerprint density at radius 3 is 1.93 bits per heavy atom. The van der Waals surface area contributed by atoms with Crippen LogP contribution in [-0.4, -0.2) is 5.91 Å². The molecule has 1 aromatic carbocycles. The van der Waals surface area contributed by atoms with Gasteiger partial charge in [-0.3, -0.25) is 10.2 Å². The number of nitrogen functional groups attached to an aromatic ring is 1. The Kier molecular flexibility index (Phi) is 2.91. The van der Waals surface area contributed by atoms with Crippen LogP contribution in [0, 0.1) is 27.7 Å². The third-order valence-electron chi connectivity index (χ3n) is 2.72. The number of aryl methyl sites for hydroxylation is 2. The van der Waals surface area contributed by atoms with Gasteiger partial charge in [-0.2, -0.15) is 0 Å². The first kappa shape index (κ1) is 10.7. The molecule has 0 radical (unpaired) electrons. The van der Waals surface area contributed by atoms with E-state index in [9.17, 15) is 4.79 Å². The van der Waals surface area contributed by atoms with Gasteiger partial charge in [0.25, 0.3) is 5.91 Å². The molecule has 1 rings (SSSR count). The average Bonchev–Trinajstić information content (AvgIpc) is 2.15. The minimum absolute atomic E-state index is 0.216. The molecule has 0 heterocycles. The van der Waals surface area contributed by atoms with Crippen molar-refractivity contribution in [3.63, 3.8) is 0 Å². The highest BCUT2D eigenvalue weighted by molar-refractivity contribution is 5.97. The lowest BCUT2D eigenvalue weighted by atomic mass is 9.94. The maximum Gasteiger partial charge on any atom is 0.265 e. The molecule has 0 unspecified atom stereocenters. The van der Waals surface area contributed by atoms with Gasteiger partial charge >= 0.3 is 0 Å². The summed E-state index contributed by atoms with van der Waals surface area (Å²) >= 11 is 0. The molecule has 76 valence electrons. The summed E-state index contributed by atoms with van der Waals surface area (Å²) in [5.74, 6) is 4.93. The molecule has 0 atom stereocenters. The zero-order valence-electron chi connectivity index (χ0n) is 9.06. The Balaban J connectivity index is 3.47. The molecule has 0 aliphatic heterocycles. The third kappa shape index (κ3) is 1.63. The normalized spacial score (nSPS) is 10.1. The molecule has 0 spiro atoms. The molecule has 1 aromatic rings. The molecule has 1 amide bonds. The van der Waals surface area contributed by atoms with Crippen LogP contribution < -0.4 is 11.3 Å². The van der Waals surface area contributed by atoms with E-state index in [4.69, 9.17) is 5.84 Å². The number of benzene rings is 1. The molecule has 0 aliphatic rings. The van der Waals surface area contributed by atoms with Crippen molar-refractivity contribution in [1.29, 1.82) is 0 Å². The molecule has 3 nitrogen and oxygen atoms in total. The second-order valence-electron chi connectivity index (χ2n) is 3.61. The van der Waals surface area contributed by atoms with Crippen LogP contribution in [0.4, 0.5) is 0 Å². The molecule has 0 aromatic heterocycles. The minimum Gasteiger partial charge on any atom is -0.290 e. The van der Waals surface area contributed by atoms with E-state index < -0.39 is 0 Å². The number of nitrogens with two attached hydrogens (primary N) is 1. The van der Waals surface area contributed by atoms with Gasteiger partial charge in [-0.1, -0.05) is 6.07 Å². The van der Waals surface area contributed by atoms with Crippen LogP contribution in [0.25, 0.3) is 0 Å². The first-order valence-corrected chi connectivity index (χ1v) is 4.57. The largest absolute Gasteiger partial charge is 0.290 e. The number of hydrazine groups is 1. The molecule has 14 heavy (non-hydrogen) atoms. The number of hydrogen-bond acceptors (Lipinski definition) is 2. The van der Waals surface area contributed by atoms with Crippen molar-refractivity contribution in [2.75, 3.05) is 0 Å². The lowest BCUT2D eigenvalue weighted by molar-refractivity contribution is 0.0952. The van der Waals surface area contributed by atoms with Gasteiger partial charge < -0.3 is 0 Å². The van der Waals surface area contributed by atoms with Crippen molar-refractivity contribution in [3.05, 3.63) is 33.9 Å². The predicted molar refractivity (Wildman–Crippen MR) is 57.0 cm³/mol. The molecule has 3 heteroatoms. The Bertz CT molecular complexity index is 357. The Hall–Kier alpha value is -1.35. The molecule has 3 N–H and O–H groups in total. The molecule has 0 aliphatic carbocycles. The maximum atomic E-state index is 11.5. The van der Waals surface area contributed by atoms with Gasteiger partial charge in [0.1, 0.15) is 0 Å². The quantitative estimate of drug-likeness (QED) is 0.402. The van der Waals surface area contributed by atoms with E-state index in [0.29, 0.717) is 5.56 Å². The smallest absolute Gasteiger partial charge is 0.265 e. The van der Waals surface area contributed by atoms with Crippen molar-refractivity contribution in [2.45, 2.75) is 27.7 Å². The Labute approximate surface area is 84.3 Å². The highest BCUT2D eigenvalue weighted by atomic mass is 16.2. The third-order valence-corrected chi connectivity index (χ3v) is 2.72. The fraction of sp³-hybridized carbons (Fsp3) is 0.364. The highest BCUT2D eigenvalue weighted by Crippen LogP contribution is 2.21. The fourth-order valence-corrected chi connectivity index (χ4v) is 1.63. The van der Waals surface area contributed by atoms with Crippen LogP contribution in [-0.2, 0) is 0 Å². The van der Waals surface area contributed by atoms with E-state index in [1.54, 1.807) is 0 Å². The van der Waals surface area contributed by atoms with Gasteiger partial charge in [-0.15, -0.1) is 0 Å². The summed E-state index contributed by atoms with van der Waals surface area (Å²) in [6.07, 6.45) is 0. The number of carbonyl (C=O) groups is 1. The summed E-state index contributed by atoms with van der Waals surface area (Å²) in [6.45, 7) is 7.86. The van der Waals surface area contributed by atoms with Crippen molar-refractivity contribution in [1.82, 2.24) is 5.43 Å². The monoisotopic (exact) mass is 192 g/mol. The first-order valence-electron chi connectivity index (χ1n) is 4.57. The topological polar surface area (TPSA) is 55.1 Å². The molecular formula is C11H16N2O. The lowest BCUT2D eigenvalue weighted by Crippen LogP contribution is -2.31. The van der Waals surface area contributed by atoms with E-state index in [1.807, 2.05) is 27.7 Å². The zero-order valence-corrected chi connectivity index (χ0v) is 9.06. The number of rotatable bonds is 1. The van der Waals surface area contributed by atoms with Crippen LogP contribution in [0.3, 0.4) is 0 Å². The van der Waals surface area contributed by atoms with E-state index >= 15 is 0 Å². The summed E-state index contributed by atoms with van der Waals surface area (Å²) in [7, 11) is 0. The molecule has 0 saturated carbocycles. The molecule has 0 fully saturated rings. The second kappa shape index (κ2) is 3.80. The first-order chi connectivity index (χ1) is 6.49. The van der Waals surface area contributed by atoms with E-state index in [1.165, 1.54) is 0 Å². The number of amides is 1. The van der Waals surface area contributed by atoms with Gasteiger partial charge in [-0.05, 0) is 49.9 Å². The maximum absolute atomic E-state index is 11.5. The molecule has 0 bridgehead atoms. The number of hydrogen-bond donors (Lipinski definition) is 2. The van der Waals surface area contributed by atoms with Gasteiger partial charge in [-0.25, -0.2) is 5.84 Å². The van der Waals surface area contributed by atoms with E-state index in [-0.39, 0.29) is 5.91 Å². The Morgan fingerprint density at radius 2 is 1.57 bits per heavy atom. The SMILES string of the molecule is Cc1cc(C)c(C)c(C(=O)NN)c1C. The van der Waals surface area contributed by atoms with E-state index in [0.717, 1.165) is 22.3 Å². The summed E-state index contributed by atoms with van der Waals surface area (Å²) < 4.78 is 0. The standard InChI is InChI=1S/C11H16N2O/c1-6-5-7(2)9(4)10(8(6)3)11(14)13-12/h5H,12H2,1-4H3,(H,13,14). The molecular weight excluding hydrogens is 176 g/mol. The fourth-order valence-electron chi connectivity index (χ4n) is 1.63.